The van der Waals surface area contributed by atoms with Gasteiger partial charge in [-0.2, -0.15) is 0 Å². The minimum atomic E-state index is -0.206. The quantitative estimate of drug-likeness (QED) is 0.529. The molecule has 3 aromatic rings. The van der Waals surface area contributed by atoms with Crippen LogP contribution >= 0.6 is 0 Å². The SMILES string of the molecule is Cc1ccc2c(c1)C(c1ccccc1)(C(C)C)c1cc(C)ccc1O2. The van der Waals surface area contributed by atoms with Crippen LogP contribution in [0, 0.1) is 19.8 Å². The van der Waals surface area contributed by atoms with Gasteiger partial charge in [-0.1, -0.05) is 79.6 Å². The predicted octanol–water partition coefficient (Wildman–Crippen LogP) is 6.40. The third-order valence-corrected chi connectivity index (χ3v) is 5.43. The van der Waals surface area contributed by atoms with Crippen molar-refractivity contribution in [2.45, 2.75) is 33.1 Å². The van der Waals surface area contributed by atoms with Gasteiger partial charge in [0.15, 0.2) is 0 Å². The van der Waals surface area contributed by atoms with Gasteiger partial charge < -0.3 is 4.74 Å². The van der Waals surface area contributed by atoms with E-state index in [-0.39, 0.29) is 5.41 Å². The maximum atomic E-state index is 6.31. The molecule has 0 saturated heterocycles. The van der Waals surface area contributed by atoms with E-state index in [2.05, 4.69) is 94.4 Å². The average Bonchev–Trinajstić information content (AvgIpc) is 2.60. The van der Waals surface area contributed by atoms with Crippen LogP contribution in [0.3, 0.4) is 0 Å². The van der Waals surface area contributed by atoms with E-state index in [9.17, 15) is 0 Å². The molecule has 0 spiro atoms. The van der Waals surface area contributed by atoms with E-state index in [4.69, 9.17) is 4.74 Å². The summed E-state index contributed by atoms with van der Waals surface area (Å²) in [6.07, 6.45) is 0. The molecule has 3 aromatic carbocycles. The summed E-state index contributed by atoms with van der Waals surface area (Å²) in [7, 11) is 0. The van der Waals surface area contributed by atoms with Crippen LogP contribution in [0.15, 0.2) is 66.7 Å². The lowest BCUT2D eigenvalue weighted by molar-refractivity contribution is 0.361. The van der Waals surface area contributed by atoms with Gasteiger partial charge in [0.25, 0.3) is 0 Å². The largest absolute Gasteiger partial charge is 0.457 e. The Hall–Kier alpha value is -2.54. The minimum Gasteiger partial charge on any atom is -0.457 e. The number of fused-ring (bicyclic) bond motifs is 2. The van der Waals surface area contributed by atoms with Crippen molar-refractivity contribution in [1.82, 2.24) is 0 Å². The summed E-state index contributed by atoms with van der Waals surface area (Å²) >= 11 is 0. The zero-order valence-corrected chi connectivity index (χ0v) is 15.3. The highest BCUT2D eigenvalue weighted by Crippen LogP contribution is 2.55. The highest BCUT2D eigenvalue weighted by Gasteiger charge is 2.46. The summed E-state index contributed by atoms with van der Waals surface area (Å²) in [4.78, 5) is 0. The minimum absolute atomic E-state index is 0.206. The second kappa shape index (κ2) is 5.77. The van der Waals surface area contributed by atoms with Crippen LogP contribution in [-0.4, -0.2) is 0 Å². The summed E-state index contributed by atoms with van der Waals surface area (Å²) < 4.78 is 6.31. The van der Waals surface area contributed by atoms with E-state index in [1.807, 2.05) is 0 Å². The molecule has 0 atom stereocenters. The number of hydrogen-bond acceptors (Lipinski definition) is 1. The van der Waals surface area contributed by atoms with E-state index in [0.29, 0.717) is 5.92 Å². The Bertz CT molecular complexity index is 871. The monoisotopic (exact) mass is 328 g/mol. The molecule has 0 saturated carbocycles. The topological polar surface area (TPSA) is 9.23 Å². The molecule has 1 nitrogen and oxygen atoms in total. The van der Waals surface area contributed by atoms with Gasteiger partial charge in [0.2, 0.25) is 0 Å². The highest BCUT2D eigenvalue weighted by molar-refractivity contribution is 5.64. The lowest BCUT2D eigenvalue weighted by atomic mass is 9.61. The molecule has 0 unspecified atom stereocenters. The maximum Gasteiger partial charge on any atom is 0.131 e. The van der Waals surface area contributed by atoms with Crippen molar-refractivity contribution in [2.75, 3.05) is 0 Å². The van der Waals surface area contributed by atoms with E-state index in [0.717, 1.165) is 11.5 Å². The van der Waals surface area contributed by atoms with Gasteiger partial charge in [-0.25, -0.2) is 0 Å². The first-order valence-corrected chi connectivity index (χ1v) is 8.99. The molecule has 0 bridgehead atoms. The molecule has 126 valence electrons. The molecule has 0 aliphatic carbocycles. The fourth-order valence-corrected chi connectivity index (χ4v) is 4.31. The molecule has 25 heavy (non-hydrogen) atoms. The zero-order valence-electron chi connectivity index (χ0n) is 15.3. The number of ether oxygens (including phenoxy) is 1. The van der Waals surface area contributed by atoms with Gasteiger partial charge in [0.05, 0.1) is 5.41 Å². The van der Waals surface area contributed by atoms with Crippen LogP contribution < -0.4 is 4.74 Å². The van der Waals surface area contributed by atoms with E-state index in [1.165, 1.54) is 27.8 Å². The van der Waals surface area contributed by atoms with Crippen molar-refractivity contribution < 1.29 is 4.74 Å². The van der Waals surface area contributed by atoms with Crippen molar-refractivity contribution in [2.24, 2.45) is 5.92 Å². The van der Waals surface area contributed by atoms with E-state index >= 15 is 0 Å². The summed E-state index contributed by atoms with van der Waals surface area (Å²) in [6.45, 7) is 8.94. The van der Waals surface area contributed by atoms with Gasteiger partial charge >= 0.3 is 0 Å². The van der Waals surface area contributed by atoms with Crippen LogP contribution in [-0.2, 0) is 5.41 Å². The van der Waals surface area contributed by atoms with Gasteiger partial charge in [-0.3, -0.25) is 0 Å². The molecule has 0 aromatic heterocycles. The summed E-state index contributed by atoms with van der Waals surface area (Å²) in [5.74, 6) is 2.33. The van der Waals surface area contributed by atoms with Crippen LogP contribution in [0.5, 0.6) is 11.5 Å². The normalized spacial score (nSPS) is 14.6. The number of hydrogen-bond donors (Lipinski definition) is 0. The fourth-order valence-electron chi connectivity index (χ4n) is 4.31. The first-order chi connectivity index (χ1) is 12.0. The summed E-state index contributed by atoms with van der Waals surface area (Å²) in [5, 5.41) is 0. The number of benzene rings is 3. The Morgan fingerprint density at radius 3 is 1.72 bits per heavy atom. The van der Waals surface area contributed by atoms with Gasteiger partial charge in [0, 0.05) is 11.1 Å². The van der Waals surface area contributed by atoms with Gasteiger partial charge in [0.1, 0.15) is 11.5 Å². The first kappa shape index (κ1) is 16.0. The standard InChI is InChI=1S/C24H24O/c1-16(2)24(19-8-6-5-7-9-19)20-14-17(3)10-12-22(20)25-23-13-11-18(4)15-21(23)24/h5-16H,1-4H3. The first-order valence-electron chi connectivity index (χ1n) is 8.99. The summed E-state index contributed by atoms with van der Waals surface area (Å²) in [5.41, 5.74) is 6.19. The Kier molecular flexibility index (Phi) is 3.68. The highest BCUT2D eigenvalue weighted by atomic mass is 16.5. The third kappa shape index (κ3) is 2.30. The second-order valence-electron chi connectivity index (χ2n) is 7.43. The molecule has 1 aliphatic heterocycles. The summed E-state index contributed by atoms with van der Waals surface area (Å²) in [6, 6.07) is 24.0. The molecule has 0 amide bonds. The molecule has 0 N–H and O–H groups in total. The van der Waals surface area contributed by atoms with Gasteiger partial charge in [-0.15, -0.1) is 0 Å². The molecule has 0 fully saturated rings. The molecule has 1 aliphatic rings. The molecule has 1 heterocycles. The smallest absolute Gasteiger partial charge is 0.131 e. The Morgan fingerprint density at radius 2 is 1.24 bits per heavy atom. The number of aryl methyl sites for hydroxylation is 2. The van der Waals surface area contributed by atoms with Crippen LogP contribution in [0.25, 0.3) is 0 Å². The number of rotatable bonds is 2. The average molecular weight is 328 g/mol. The zero-order chi connectivity index (χ0) is 17.6. The lowest BCUT2D eigenvalue weighted by Gasteiger charge is -2.44. The Morgan fingerprint density at radius 1 is 0.720 bits per heavy atom. The van der Waals surface area contributed by atoms with E-state index in [1.54, 1.807) is 0 Å². The fraction of sp³-hybridized carbons (Fsp3) is 0.250. The van der Waals surface area contributed by atoms with Gasteiger partial charge in [-0.05, 0) is 37.5 Å². The van der Waals surface area contributed by atoms with Crippen molar-refractivity contribution >= 4 is 0 Å². The van der Waals surface area contributed by atoms with Crippen LogP contribution in [0.2, 0.25) is 0 Å². The van der Waals surface area contributed by atoms with Crippen molar-refractivity contribution in [3.05, 3.63) is 94.5 Å². The second-order valence-corrected chi connectivity index (χ2v) is 7.43. The molecular weight excluding hydrogens is 304 g/mol. The van der Waals surface area contributed by atoms with Crippen molar-refractivity contribution in [1.29, 1.82) is 0 Å². The third-order valence-electron chi connectivity index (χ3n) is 5.43. The predicted molar refractivity (Wildman–Crippen MR) is 104 cm³/mol. The lowest BCUT2D eigenvalue weighted by Crippen LogP contribution is -2.38. The van der Waals surface area contributed by atoms with Crippen LogP contribution in [0.1, 0.15) is 41.7 Å². The molecular formula is C24H24O. The molecule has 0 radical (unpaired) electrons. The van der Waals surface area contributed by atoms with Crippen molar-refractivity contribution in [3.8, 4) is 11.5 Å². The molecule has 1 heteroatoms. The van der Waals surface area contributed by atoms with Crippen molar-refractivity contribution in [3.63, 3.8) is 0 Å². The van der Waals surface area contributed by atoms with E-state index < -0.39 is 0 Å². The van der Waals surface area contributed by atoms with Crippen LogP contribution in [0.4, 0.5) is 0 Å². The Balaban J connectivity index is 2.15. The Labute approximate surface area is 150 Å². The molecule has 4 rings (SSSR count). The maximum absolute atomic E-state index is 6.31.